The van der Waals surface area contributed by atoms with Crippen molar-refractivity contribution in [1.29, 1.82) is 0 Å². The van der Waals surface area contributed by atoms with Crippen molar-refractivity contribution in [2.24, 2.45) is 0 Å². The molecule has 2 aliphatic heterocycles. The van der Waals surface area contributed by atoms with Gasteiger partial charge in [0.25, 0.3) is 5.91 Å². The molecule has 1 N–H and O–H groups in total. The molecule has 0 aliphatic carbocycles. The number of benzene rings is 1. The van der Waals surface area contributed by atoms with Gasteiger partial charge < -0.3 is 19.5 Å². The Labute approximate surface area is 118 Å². The van der Waals surface area contributed by atoms with Crippen molar-refractivity contribution in [2.45, 2.75) is 24.7 Å². The quantitative estimate of drug-likeness (QED) is 0.901. The first-order valence-electron chi connectivity index (χ1n) is 6.84. The smallest absolute Gasteiger partial charge is 0.255 e. The summed E-state index contributed by atoms with van der Waals surface area (Å²) in [5, 5.41) is 3.04. The Morgan fingerprint density at radius 2 is 2.25 bits per heavy atom. The predicted octanol–water partition coefficient (Wildman–Crippen LogP) is 1.18. The minimum absolute atomic E-state index is 0.122. The van der Waals surface area contributed by atoms with Gasteiger partial charge >= 0.3 is 0 Å². The lowest BCUT2D eigenvalue weighted by Crippen LogP contribution is -2.51. The number of rotatable bonds is 3. The molecule has 108 valence electrons. The Morgan fingerprint density at radius 3 is 3.00 bits per heavy atom. The van der Waals surface area contributed by atoms with Crippen LogP contribution in [0.3, 0.4) is 0 Å². The molecule has 2 atom stereocenters. The van der Waals surface area contributed by atoms with Gasteiger partial charge in [0.2, 0.25) is 0 Å². The van der Waals surface area contributed by atoms with E-state index in [1.54, 1.807) is 7.11 Å². The van der Waals surface area contributed by atoms with Crippen LogP contribution < -0.4 is 5.32 Å². The first kappa shape index (κ1) is 13.5. The zero-order chi connectivity index (χ0) is 14.0. The van der Waals surface area contributed by atoms with Gasteiger partial charge in [-0.3, -0.25) is 4.79 Å². The third-order valence-corrected chi connectivity index (χ3v) is 4.07. The molecular formula is C15H19NO4. The molecule has 1 saturated heterocycles. The maximum Gasteiger partial charge on any atom is 0.255 e. The van der Waals surface area contributed by atoms with Gasteiger partial charge in [-0.25, -0.2) is 0 Å². The number of hydrogen-bond donors (Lipinski definition) is 1. The van der Waals surface area contributed by atoms with Crippen molar-refractivity contribution in [3.05, 3.63) is 35.4 Å². The predicted molar refractivity (Wildman–Crippen MR) is 72.2 cm³/mol. The van der Waals surface area contributed by atoms with Gasteiger partial charge in [0.05, 0.1) is 32.5 Å². The number of hydrogen-bond acceptors (Lipinski definition) is 4. The average molecular weight is 277 g/mol. The summed E-state index contributed by atoms with van der Waals surface area (Å²) >= 11 is 0. The summed E-state index contributed by atoms with van der Waals surface area (Å²) in [4.78, 5) is 12.5. The van der Waals surface area contributed by atoms with E-state index < -0.39 is 5.60 Å². The molecule has 3 rings (SSSR count). The lowest BCUT2D eigenvalue weighted by Gasteiger charge is -2.31. The number of ether oxygens (including phenoxy) is 3. The molecule has 0 spiro atoms. The van der Waals surface area contributed by atoms with E-state index in [0.29, 0.717) is 32.8 Å². The first-order valence-corrected chi connectivity index (χ1v) is 6.84. The van der Waals surface area contributed by atoms with Crippen molar-refractivity contribution < 1.29 is 19.0 Å². The molecule has 2 unspecified atom stereocenters. The van der Waals surface area contributed by atoms with E-state index in [2.05, 4.69) is 5.32 Å². The Kier molecular flexibility index (Phi) is 3.74. The summed E-state index contributed by atoms with van der Waals surface area (Å²) < 4.78 is 16.3. The monoisotopic (exact) mass is 277 g/mol. The second-order valence-corrected chi connectivity index (χ2v) is 5.24. The van der Waals surface area contributed by atoms with Gasteiger partial charge in [-0.15, -0.1) is 0 Å². The van der Waals surface area contributed by atoms with Crippen LogP contribution >= 0.6 is 0 Å². The second kappa shape index (κ2) is 5.52. The number of carbonyl (C=O) groups excluding carboxylic acids is 1. The Balaban J connectivity index is 1.77. The van der Waals surface area contributed by atoms with Gasteiger partial charge in [-0.1, -0.05) is 24.3 Å². The molecule has 2 heterocycles. The molecule has 1 amide bonds. The lowest BCUT2D eigenvalue weighted by molar-refractivity contribution is -0.145. The number of methoxy groups -OCH3 is 1. The Morgan fingerprint density at radius 1 is 1.40 bits per heavy atom. The van der Waals surface area contributed by atoms with E-state index >= 15 is 0 Å². The fourth-order valence-electron chi connectivity index (χ4n) is 2.77. The minimum Gasteiger partial charge on any atom is -0.378 e. The van der Waals surface area contributed by atoms with Crippen molar-refractivity contribution in [2.75, 3.05) is 26.9 Å². The van der Waals surface area contributed by atoms with Crippen LogP contribution in [0.2, 0.25) is 0 Å². The number of amides is 1. The van der Waals surface area contributed by atoms with Crippen LogP contribution in [0.25, 0.3) is 0 Å². The molecular weight excluding hydrogens is 258 g/mol. The highest BCUT2D eigenvalue weighted by Gasteiger charge is 2.43. The lowest BCUT2D eigenvalue weighted by atomic mass is 9.96. The first-order chi connectivity index (χ1) is 9.75. The largest absolute Gasteiger partial charge is 0.378 e. The second-order valence-electron chi connectivity index (χ2n) is 5.24. The van der Waals surface area contributed by atoms with Gasteiger partial charge in [-0.05, 0) is 11.1 Å². The van der Waals surface area contributed by atoms with E-state index in [-0.39, 0.29) is 11.9 Å². The molecule has 1 fully saturated rings. The normalized spacial score (nSPS) is 28.9. The number of fused-ring (bicyclic) bond motifs is 1. The summed E-state index contributed by atoms with van der Waals surface area (Å²) in [6.07, 6.45) is 0.588. The van der Waals surface area contributed by atoms with Crippen LogP contribution in [0.1, 0.15) is 23.6 Å². The van der Waals surface area contributed by atoms with Crippen LogP contribution in [0.4, 0.5) is 0 Å². The highest BCUT2D eigenvalue weighted by atomic mass is 16.6. The molecule has 0 aromatic heterocycles. The summed E-state index contributed by atoms with van der Waals surface area (Å²) in [6, 6.07) is 7.90. The topological polar surface area (TPSA) is 56.8 Å². The van der Waals surface area contributed by atoms with Gasteiger partial charge in [0.1, 0.15) is 0 Å². The molecule has 20 heavy (non-hydrogen) atoms. The summed E-state index contributed by atoms with van der Waals surface area (Å²) in [5.74, 6) is -0.122. The molecule has 1 aromatic rings. The van der Waals surface area contributed by atoms with Gasteiger partial charge in [0.15, 0.2) is 5.60 Å². The standard InChI is InChI=1S/C15H19NO4/c1-18-15(6-7-19-10-15)14(17)16-13-9-20-8-11-4-2-3-5-12(11)13/h2-5,13H,6-10H2,1H3,(H,16,17). The highest BCUT2D eigenvalue weighted by molar-refractivity contribution is 5.86. The molecule has 5 heteroatoms. The Hall–Kier alpha value is -1.43. The van der Waals surface area contributed by atoms with Crippen LogP contribution in [0, 0.1) is 0 Å². The number of nitrogens with one attached hydrogen (secondary N) is 1. The molecule has 5 nitrogen and oxygen atoms in total. The highest BCUT2D eigenvalue weighted by Crippen LogP contribution is 2.27. The molecule has 0 bridgehead atoms. The molecule has 2 aliphatic rings. The zero-order valence-electron chi connectivity index (χ0n) is 11.6. The van der Waals surface area contributed by atoms with E-state index in [1.165, 1.54) is 0 Å². The van der Waals surface area contributed by atoms with Gasteiger partial charge in [0, 0.05) is 13.5 Å². The van der Waals surface area contributed by atoms with Crippen LogP contribution in [0.15, 0.2) is 24.3 Å². The molecule has 0 radical (unpaired) electrons. The van der Waals surface area contributed by atoms with Crippen molar-refractivity contribution in [3.63, 3.8) is 0 Å². The fraction of sp³-hybridized carbons (Fsp3) is 0.533. The van der Waals surface area contributed by atoms with Crippen LogP contribution in [-0.2, 0) is 25.6 Å². The van der Waals surface area contributed by atoms with Crippen molar-refractivity contribution in [1.82, 2.24) is 5.32 Å². The summed E-state index contributed by atoms with van der Waals surface area (Å²) in [6.45, 7) is 1.95. The third-order valence-electron chi connectivity index (χ3n) is 4.07. The SMILES string of the molecule is COC1(C(=O)NC2COCc3ccccc32)CCOC1. The molecule has 0 saturated carbocycles. The van der Waals surface area contributed by atoms with Crippen molar-refractivity contribution in [3.8, 4) is 0 Å². The maximum absolute atomic E-state index is 12.5. The van der Waals surface area contributed by atoms with E-state index in [1.807, 2.05) is 24.3 Å². The zero-order valence-corrected chi connectivity index (χ0v) is 11.6. The maximum atomic E-state index is 12.5. The summed E-state index contributed by atoms with van der Waals surface area (Å²) in [5.41, 5.74) is 1.39. The minimum atomic E-state index is -0.855. The van der Waals surface area contributed by atoms with Gasteiger partial charge in [-0.2, -0.15) is 0 Å². The number of carbonyl (C=O) groups is 1. The van der Waals surface area contributed by atoms with E-state index in [9.17, 15) is 4.79 Å². The molecule has 1 aromatic carbocycles. The average Bonchev–Trinajstić information content (AvgIpc) is 2.98. The van der Waals surface area contributed by atoms with E-state index in [0.717, 1.165) is 11.1 Å². The summed E-state index contributed by atoms with van der Waals surface area (Å²) in [7, 11) is 1.56. The van der Waals surface area contributed by atoms with Crippen LogP contribution in [0.5, 0.6) is 0 Å². The Bertz CT molecular complexity index is 496. The van der Waals surface area contributed by atoms with Crippen LogP contribution in [-0.4, -0.2) is 38.4 Å². The van der Waals surface area contributed by atoms with Crippen molar-refractivity contribution >= 4 is 5.91 Å². The van der Waals surface area contributed by atoms with E-state index in [4.69, 9.17) is 14.2 Å². The third kappa shape index (κ3) is 2.32. The fourth-order valence-corrected chi connectivity index (χ4v) is 2.77.